The van der Waals surface area contributed by atoms with Gasteiger partial charge in [-0.1, -0.05) is 18.5 Å². The Balaban J connectivity index is 2.66. The van der Waals surface area contributed by atoms with E-state index < -0.39 is 11.9 Å². The van der Waals surface area contributed by atoms with Gasteiger partial charge in [0.15, 0.2) is 0 Å². The first-order chi connectivity index (χ1) is 9.35. The molecule has 0 aliphatic heterocycles. The average Bonchev–Trinajstić information content (AvgIpc) is 2.38. The zero-order valence-corrected chi connectivity index (χ0v) is 13.1. The molecule has 1 rings (SSSR count). The molecule has 0 radical (unpaired) electrons. The molecule has 0 aliphatic rings. The molecule has 0 bridgehead atoms. The van der Waals surface area contributed by atoms with Crippen LogP contribution in [0.15, 0.2) is 23.1 Å². The molecular formula is C13H17ClN2O3S. The molecule has 1 atom stereocenters. The van der Waals surface area contributed by atoms with Gasteiger partial charge >= 0.3 is 12.0 Å². The van der Waals surface area contributed by atoms with Gasteiger partial charge in [0.05, 0.1) is 10.9 Å². The third kappa shape index (κ3) is 4.61. The quantitative estimate of drug-likeness (QED) is 0.818. The molecule has 1 unspecified atom stereocenters. The summed E-state index contributed by atoms with van der Waals surface area (Å²) in [6.07, 6.45) is 1.92. The molecule has 1 aromatic carbocycles. The van der Waals surface area contributed by atoms with Crippen molar-refractivity contribution in [2.75, 3.05) is 25.2 Å². The van der Waals surface area contributed by atoms with Crippen LogP contribution >= 0.6 is 23.4 Å². The highest BCUT2D eigenvalue weighted by Crippen LogP contribution is 2.28. The summed E-state index contributed by atoms with van der Waals surface area (Å²) in [4.78, 5) is 24.9. The summed E-state index contributed by atoms with van der Waals surface area (Å²) < 4.78 is 0. The van der Waals surface area contributed by atoms with Gasteiger partial charge in [-0.05, 0) is 24.5 Å². The fourth-order valence-corrected chi connectivity index (χ4v) is 2.40. The first kappa shape index (κ1) is 16.7. The number of rotatable bonds is 5. The van der Waals surface area contributed by atoms with Crippen molar-refractivity contribution in [3.05, 3.63) is 23.2 Å². The average molecular weight is 317 g/mol. The van der Waals surface area contributed by atoms with Crippen LogP contribution in [0.4, 0.5) is 10.5 Å². The second kappa shape index (κ2) is 7.40. The normalized spacial score (nSPS) is 11.8. The Bertz CT molecular complexity index is 510. The second-order valence-corrected chi connectivity index (χ2v) is 5.65. The van der Waals surface area contributed by atoms with Gasteiger partial charge in [-0.3, -0.25) is 4.79 Å². The summed E-state index contributed by atoms with van der Waals surface area (Å²) in [7, 11) is 1.55. The minimum atomic E-state index is -0.933. The summed E-state index contributed by atoms with van der Waals surface area (Å²) in [5.41, 5.74) is 0.577. The number of carboxylic acid groups (broad SMARTS) is 1. The van der Waals surface area contributed by atoms with Gasteiger partial charge in [0, 0.05) is 24.2 Å². The number of urea groups is 1. The highest BCUT2D eigenvalue weighted by Gasteiger charge is 2.17. The number of nitrogens with zero attached hydrogens (tertiary/aromatic N) is 1. The monoisotopic (exact) mass is 316 g/mol. The smallest absolute Gasteiger partial charge is 0.321 e. The number of carbonyl (C=O) groups excluding carboxylic acids is 1. The minimum Gasteiger partial charge on any atom is -0.481 e. The zero-order chi connectivity index (χ0) is 15.3. The summed E-state index contributed by atoms with van der Waals surface area (Å²) in [5.74, 6) is -1.55. The van der Waals surface area contributed by atoms with Crippen molar-refractivity contribution in [2.24, 2.45) is 5.92 Å². The van der Waals surface area contributed by atoms with Crippen molar-refractivity contribution in [3.63, 3.8) is 0 Å². The molecule has 7 heteroatoms. The van der Waals surface area contributed by atoms with E-state index in [-0.39, 0.29) is 12.6 Å². The molecule has 0 heterocycles. The van der Waals surface area contributed by atoms with Crippen LogP contribution in [-0.2, 0) is 4.79 Å². The van der Waals surface area contributed by atoms with E-state index in [2.05, 4.69) is 5.32 Å². The van der Waals surface area contributed by atoms with Crippen LogP contribution in [0, 0.1) is 5.92 Å². The maximum atomic E-state index is 11.9. The van der Waals surface area contributed by atoms with E-state index in [0.717, 1.165) is 4.90 Å². The van der Waals surface area contributed by atoms with Gasteiger partial charge < -0.3 is 15.3 Å². The molecule has 2 N–H and O–H groups in total. The predicted octanol–water partition coefficient (Wildman–Crippen LogP) is 3.25. The number of halogens is 1. The number of nitrogens with one attached hydrogen (secondary N) is 1. The maximum Gasteiger partial charge on any atom is 0.321 e. The topological polar surface area (TPSA) is 69.6 Å². The lowest BCUT2D eigenvalue weighted by Gasteiger charge is -2.20. The molecule has 0 aromatic heterocycles. The predicted molar refractivity (Wildman–Crippen MR) is 81.7 cm³/mol. The Morgan fingerprint density at radius 3 is 2.65 bits per heavy atom. The van der Waals surface area contributed by atoms with Crippen LogP contribution in [0.2, 0.25) is 5.02 Å². The largest absolute Gasteiger partial charge is 0.481 e. The lowest BCUT2D eigenvalue weighted by atomic mass is 10.2. The first-order valence-electron chi connectivity index (χ1n) is 5.93. The SMILES string of the molecule is CSc1ccc(NC(=O)N(C)CC(C)C(=O)O)cc1Cl. The molecule has 0 fully saturated rings. The lowest BCUT2D eigenvalue weighted by Crippen LogP contribution is -2.36. The van der Waals surface area contributed by atoms with E-state index in [0.29, 0.717) is 10.7 Å². The number of amides is 2. The number of carboxylic acids is 1. The Morgan fingerprint density at radius 1 is 1.50 bits per heavy atom. The molecule has 0 spiro atoms. The van der Waals surface area contributed by atoms with E-state index in [4.69, 9.17) is 16.7 Å². The summed E-state index contributed by atoms with van der Waals surface area (Å²) in [5, 5.41) is 12.1. The second-order valence-electron chi connectivity index (χ2n) is 4.40. The molecular weight excluding hydrogens is 300 g/mol. The van der Waals surface area contributed by atoms with E-state index in [1.165, 1.54) is 16.7 Å². The zero-order valence-electron chi connectivity index (χ0n) is 11.5. The van der Waals surface area contributed by atoms with E-state index in [1.807, 2.05) is 12.3 Å². The number of carbonyl (C=O) groups is 2. The molecule has 1 aromatic rings. The van der Waals surface area contributed by atoms with Crippen LogP contribution in [0.5, 0.6) is 0 Å². The van der Waals surface area contributed by atoms with Gasteiger partial charge in [-0.15, -0.1) is 11.8 Å². The van der Waals surface area contributed by atoms with Gasteiger partial charge in [-0.2, -0.15) is 0 Å². The molecule has 0 aliphatic carbocycles. The highest BCUT2D eigenvalue weighted by atomic mass is 35.5. The van der Waals surface area contributed by atoms with Crippen molar-refractivity contribution in [2.45, 2.75) is 11.8 Å². The minimum absolute atomic E-state index is 0.137. The highest BCUT2D eigenvalue weighted by molar-refractivity contribution is 7.98. The molecule has 2 amide bonds. The van der Waals surface area contributed by atoms with Crippen molar-refractivity contribution in [1.82, 2.24) is 4.90 Å². The number of anilines is 1. The van der Waals surface area contributed by atoms with Crippen molar-refractivity contribution in [1.29, 1.82) is 0 Å². The van der Waals surface area contributed by atoms with Crippen LogP contribution in [0.1, 0.15) is 6.92 Å². The third-order valence-electron chi connectivity index (χ3n) is 2.72. The van der Waals surface area contributed by atoms with Crippen LogP contribution < -0.4 is 5.32 Å². The number of hydrogen-bond donors (Lipinski definition) is 2. The van der Waals surface area contributed by atoms with Gasteiger partial charge in [0.2, 0.25) is 0 Å². The van der Waals surface area contributed by atoms with Gasteiger partial charge in [0.25, 0.3) is 0 Å². The maximum absolute atomic E-state index is 11.9. The fourth-order valence-electron chi connectivity index (χ4n) is 1.53. The van der Waals surface area contributed by atoms with Crippen LogP contribution in [-0.4, -0.2) is 41.9 Å². The molecule has 0 saturated carbocycles. The summed E-state index contributed by atoms with van der Waals surface area (Å²) >= 11 is 7.58. The van der Waals surface area contributed by atoms with Crippen molar-refractivity contribution >= 4 is 41.1 Å². The van der Waals surface area contributed by atoms with Crippen LogP contribution in [0.3, 0.4) is 0 Å². The van der Waals surface area contributed by atoms with E-state index in [1.54, 1.807) is 26.1 Å². The molecule has 0 saturated heterocycles. The van der Waals surface area contributed by atoms with Gasteiger partial charge in [-0.25, -0.2) is 4.79 Å². The molecule has 110 valence electrons. The van der Waals surface area contributed by atoms with E-state index >= 15 is 0 Å². The molecule has 20 heavy (non-hydrogen) atoms. The fraction of sp³-hybridized carbons (Fsp3) is 0.385. The summed E-state index contributed by atoms with van der Waals surface area (Å²) in [6.45, 7) is 1.69. The standard InChI is InChI=1S/C13H17ClN2O3S/c1-8(12(17)18)7-16(2)13(19)15-9-4-5-11(20-3)10(14)6-9/h4-6,8H,7H2,1-3H3,(H,15,19)(H,17,18). The first-order valence-corrected chi connectivity index (χ1v) is 7.54. The Hall–Kier alpha value is -1.40. The number of thioether (sulfide) groups is 1. The Labute approximate surface area is 127 Å². The van der Waals surface area contributed by atoms with Gasteiger partial charge in [0.1, 0.15) is 0 Å². The van der Waals surface area contributed by atoms with Crippen molar-refractivity contribution < 1.29 is 14.7 Å². The van der Waals surface area contributed by atoms with Crippen LogP contribution in [0.25, 0.3) is 0 Å². The molecule has 5 nitrogen and oxygen atoms in total. The van der Waals surface area contributed by atoms with Crippen molar-refractivity contribution in [3.8, 4) is 0 Å². The number of benzene rings is 1. The Morgan fingerprint density at radius 2 is 2.15 bits per heavy atom. The summed E-state index contributed by atoms with van der Waals surface area (Å²) in [6, 6.07) is 4.87. The number of hydrogen-bond acceptors (Lipinski definition) is 3. The number of aliphatic carboxylic acids is 1. The third-order valence-corrected chi connectivity index (χ3v) is 3.94. The lowest BCUT2D eigenvalue weighted by molar-refractivity contribution is -0.141. The Kier molecular flexibility index (Phi) is 6.16. The van der Waals surface area contributed by atoms with E-state index in [9.17, 15) is 9.59 Å².